The van der Waals surface area contributed by atoms with Gasteiger partial charge in [-0.1, -0.05) is 18.2 Å². The molecule has 1 N–H and O–H groups in total. The first kappa shape index (κ1) is 17.2. The van der Waals surface area contributed by atoms with Gasteiger partial charge in [0.15, 0.2) is 0 Å². The van der Waals surface area contributed by atoms with E-state index in [1.165, 1.54) is 0 Å². The molecule has 132 valence electrons. The Morgan fingerprint density at radius 2 is 2.08 bits per heavy atom. The van der Waals surface area contributed by atoms with Crippen LogP contribution in [0, 0.1) is 0 Å². The van der Waals surface area contributed by atoms with Crippen molar-refractivity contribution in [3.05, 3.63) is 29.8 Å². The van der Waals surface area contributed by atoms with Crippen molar-refractivity contribution in [2.45, 2.75) is 44.8 Å². The fourth-order valence-electron chi connectivity index (χ4n) is 3.40. The summed E-state index contributed by atoms with van der Waals surface area (Å²) in [5, 5.41) is 3.22. The number of para-hydroxylation sites is 1. The fraction of sp³-hybridized carbons (Fsp3) is 0.632. The van der Waals surface area contributed by atoms with Crippen molar-refractivity contribution in [2.24, 2.45) is 0 Å². The van der Waals surface area contributed by atoms with E-state index >= 15 is 0 Å². The Kier molecular flexibility index (Phi) is 5.74. The molecule has 0 spiro atoms. The first-order chi connectivity index (χ1) is 11.6. The van der Waals surface area contributed by atoms with Gasteiger partial charge in [0.1, 0.15) is 18.3 Å². The molecule has 0 aromatic heterocycles. The molecule has 3 rings (SSSR count). The minimum absolute atomic E-state index is 0.0986. The van der Waals surface area contributed by atoms with Gasteiger partial charge in [0.05, 0.1) is 12.7 Å². The summed E-state index contributed by atoms with van der Waals surface area (Å²) < 4.78 is 11.2. The van der Waals surface area contributed by atoms with Crippen molar-refractivity contribution in [1.82, 2.24) is 10.2 Å². The zero-order valence-electron chi connectivity index (χ0n) is 14.7. The van der Waals surface area contributed by atoms with Crippen LogP contribution in [0.1, 0.15) is 38.2 Å². The van der Waals surface area contributed by atoms with Gasteiger partial charge < -0.3 is 19.7 Å². The molecule has 0 radical (unpaired) electrons. The highest BCUT2D eigenvalue weighted by Crippen LogP contribution is 2.33. The molecule has 5 heteroatoms. The van der Waals surface area contributed by atoms with Crippen LogP contribution in [0.15, 0.2) is 24.3 Å². The highest BCUT2D eigenvalue weighted by molar-refractivity contribution is 5.85. The second-order valence-corrected chi connectivity index (χ2v) is 6.95. The number of hydrogen-bond donors (Lipinski definition) is 1. The number of nitrogens with zero attached hydrogens (tertiary/aromatic N) is 1. The van der Waals surface area contributed by atoms with Gasteiger partial charge in [0, 0.05) is 31.2 Å². The van der Waals surface area contributed by atoms with Crippen LogP contribution in [-0.2, 0) is 9.53 Å². The highest BCUT2D eigenvalue weighted by atomic mass is 16.5. The van der Waals surface area contributed by atoms with E-state index in [1.54, 1.807) is 0 Å². The summed E-state index contributed by atoms with van der Waals surface area (Å²) >= 11 is 0. The van der Waals surface area contributed by atoms with Gasteiger partial charge in [0.2, 0.25) is 5.91 Å². The van der Waals surface area contributed by atoms with Crippen LogP contribution < -0.4 is 10.1 Å². The number of likely N-dealkylation sites (tertiary alicyclic amines) is 1. The van der Waals surface area contributed by atoms with Crippen molar-refractivity contribution in [3.8, 4) is 5.75 Å². The summed E-state index contributed by atoms with van der Waals surface area (Å²) in [6, 6.07) is 8.10. The SMILES string of the molecule is CC(C)OCCN1CCC(NC(=O)[C@@H]2COc3ccccc32)CC1. The van der Waals surface area contributed by atoms with Crippen LogP contribution in [0.5, 0.6) is 5.75 Å². The van der Waals surface area contributed by atoms with Crippen LogP contribution in [0.4, 0.5) is 0 Å². The number of hydrogen-bond acceptors (Lipinski definition) is 4. The van der Waals surface area contributed by atoms with E-state index in [2.05, 4.69) is 24.1 Å². The van der Waals surface area contributed by atoms with Gasteiger partial charge in [-0.15, -0.1) is 0 Å². The average Bonchev–Trinajstić information content (AvgIpc) is 3.00. The van der Waals surface area contributed by atoms with Gasteiger partial charge in [-0.25, -0.2) is 0 Å². The van der Waals surface area contributed by atoms with Crippen LogP contribution in [-0.4, -0.2) is 55.8 Å². The maximum atomic E-state index is 12.6. The number of ether oxygens (including phenoxy) is 2. The third kappa shape index (κ3) is 4.28. The molecule has 1 amide bonds. The second kappa shape index (κ2) is 7.99. The molecule has 24 heavy (non-hydrogen) atoms. The van der Waals surface area contributed by atoms with E-state index in [0.717, 1.165) is 50.4 Å². The zero-order valence-corrected chi connectivity index (χ0v) is 14.7. The summed E-state index contributed by atoms with van der Waals surface area (Å²) in [6.07, 6.45) is 2.30. The smallest absolute Gasteiger partial charge is 0.231 e. The molecule has 0 unspecified atom stereocenters. The predicted octanol–water partition coefficient (Wildman–Crippen LogP) is 2.17. The Hall–Kier alpha value is -1.59. The number of carbonyl (C=O) groups excluding carboxylic acids is 1. The lowest BCUT2D eigenvalue weighted by atomic mass is 9.98. The maximum absolute atomic E-state index is 12.6. The Balaban J connectivity index is 1.43. The predicted molar refractivity (Wildman–Crippen MR) is 93.4 cm³/mol. The van der Waals surface area contributed by atoms with Crippen molar-refractivity contribution in [2.75, 3.05) is 32.8 Å². The molecule has 1 fully saturated rings. The van der Waals surface area contributed by atoms with Gasteiger partial charge in [-0.2, -0.15) is 0 Å². The zero-order chi connectivity index (χ0) is 16.9. The molecule has 0 aliphatic carbocycles. The van der Waals surface area contributed by atoms with E-state index in [-0.39, 0.29) is 17.9 Å². The van der Waals surface area contributed by atoms with Crippen molar-refractivity contribution in [1.29, 1.82) is 0 Å². The van der Waals surface area contributed by atoms with Crippen molar-refractivity contribution >= 4 is 5.91 Å². The number of amides is 1. The Morgan fingerprint density at radius 1 is 1.33 bits per heavy atom. The minimum atomic E-state index is -0.168. The average molecular weight is 332 g/mol. The fourth-order valence-corrected chi connectivity index (χ4v) is 3.40. The molecule has 2 aliphatic heterocycles. The van der Waals surface area contributed by atoms with Crippen LogP contribution in [0.25, 0.3) is 0 Å². The standard InChI is InChI=1S/C19H28N2O3/c1-14(2)23-12-11-21-9-7-15(8-10-21)20-19(22)17-13-24-18-6-4-3-5-16(17)18/h3-6,14-15,17H,7-13H2,1-2H3,(H,20,22)/t17-/m1/s1. The molecule has 5 nitrogen and oxygen atoms in total. The van der Waals surface area contributed by atoms with Crippen LogP contribution >= 0.6 is 0 Å². The first-order valence-corrected chi connectivity index (χ1v) is 8.99. The number of fused-ring (bicyclic) bond motifs is 1. The van der Waals surface area contributed by atoms with E-state index in [0.29, 0.717) is 12.7 Å². The Labute approximate surface area is 144 Å². The summed E-state index contributed by atoms with van der Waals surface area (Å²) in [4.78, 5) is 15.0. The quantitative estimate of drug-likeness (QED) is 0.867. The largest absolute Gasteiger partial charge is 0.492 e. The van der Waals surface area contributed by atoms with Gasteiger partial charge in [-0.3, -0.25) is 4.79 Å². The third-order valence-electron chi connectivity index (χ3n) is 4.81. The van der Waals surface area contributed by atoms with Gasteiger partial charge in [0.25, 0.3) is 0 Å². The topological polar surface area (TPSA) is 50.8 Å². The normalized spacial score (nSPS) is 21.5. The summed E-state index contributed by atoms with van der Waals surface area (Å²) in [5.74, 6) is 0.776. The lowest BCUT2D eigenvalue weighted by molar-refractivity contribution is -0.123. The number of carbonyl (C=O) groups is 1. The number of piperidine rings is 1. The lowest BCUT2D eigenvalue weighted by Gasteiger charge is -2.32. The Morgan fingerprint density at radius 3 is 2.83 bits per heavy atom. The maximum Gasteiger partial charge on any atom is 0.231 e. The molecule has 2 aliphatic rings. The van der Waals surface area contributed by atoms with E-state index < -0.39 is 0 Å². The summed E-state index contributed by atoms with van der Waals surface area (Å²) in [5.41, 5.74) is 1.01. The first-order valence-electron chi connectivity index (χ1n) is 8.99. The third-order valence-corrected chi connectivity index (χ3v) is 4.81. The van der Waals surface area contributed by atoms with Crippen LogP contribution in [0.2, 0.25) is 0 Å². The Bertz CT molecular complexity index is 553. The lowest BCUT2D eigenvalue weighted by Crippen LogP contribution is -2.46. The molecule has 1 saturated heterocycles. The molecule has 1 aromatic rings. The molecule has 2 heterocycles. The molecular formula is C19H28N2O3. The monoisotopic (exact) mass is 332 g/mol. The number of benzene rings is 1. The number of nitrogens with one attached hydrogen (secondary N) is 1. The number of rotatable bonds is 6. The van der Waals surface area contributed by atoms with Crippen molar-refractivity contribution in [3.63, 3.8) is 0 Å². The van der Waals surface area contributed by atoms with Crippen LogP contribution in [0.3, 0.4) is 0 Å². The summed E-state index contributed by atoms with van der Waals surface area (Å²) in [7, 11) is 0. The van der Waals surface area contributed by atoms with Gasteiger partial charge in [-0.05, 0) is 32.8 Å². The van der Waals surface area contributed by atoms with E-state index in [9.17, 15) is 4.79 Å². The second-order valence-electron chi connectivity index (χ2n) is 6.95. The molecule has 0 bridgehead atoms. The van der Waals surface area contributed by atoms with E-state index in [1.807, 2.05) is 24.3 Å². The molecular weight excluding hydrogens is 304 g/mol. The minimum Gasteiger partial charge on any atom is -0.492 e. The van der Waals surface area contributed by atoms with Gasteiger partial charge >= 0.3 is 0 Å². The molecule has 1 aromatic carbocycles. The highest BCUT2D eigenvalue weighted by Gasteiger charge is 2.31. The summed E-state index contributed by atoms with van der Waals surface area (Å²) in [6.45, 7) is 8.37. The van der Waals surface area contributed by atoms with E-state index in [4.69, 9.17) is 9.47 Å². The molecule has 1 atom stereocenters. The molecule has 0 saturated carbocycles. The van der Waals surface area contributed by atoms with Crippen molar-refractivity contribution < 1.29 is 14.3 Å².